The number of nitrogens with one attached hydrogen (secondary N) is 2. The second-order valence-corrected chi connectivity index (χ2v) is 6.73. The van der Waals surface area contributed by atoms with Gasteiger partial charge in [0.25, 0.3) is 0 Å². The van der Waals surface area contributed by atoms with Crippen LogP contribution in [0.5, 0.6) is 0 Å². The molecule has 3 aromatic rings. The number of carbonyl (C=O) groups is 1. The molecule has 1 atom stereocenters. The van der Waals surface area contributed by atoms with Crippen LogP contribution in [0.1, 0.15) is 12.8 Å². The Morgan fingerprint density at radius 1 is 1.16 bits per heavy atom. The number of hydrogen-bond acceptors (Lipinski definition) is 5. The van der Waals surface area contributed by atoms with Gasteiger partial charge < -0.3 is 10.6 Å². The van der Waals surface area contributed by atoms with E-state index in [1.165, 1.54) is 0 Å². The molecule has 2 N–H and O–H groups in total. The van der Waals surface area contributed by atoms with Crippen LogP contribution in [0, 0.1) is 0 Å². The molecule has 0 aliphatic carbocycles. The van der Waals surface area contributed by atoms with Crippen molar-refractivity contribution in [1.82, 2.24) is 25.1 Å². The van der Waals surface area contributed by atoms with Crippen LogP contribution in [0.25, 0.3) is 17.0 Å². The maximum atomic E-state index is 11.3. The Morgan fingerprint density at radius 3 is 2.68 bits per heavy atom. The van der Waals surface area contributed by atoms with Crippen molar-refractivity contribution in [3.05, 3.63) is 40.4 Å². The molecule has 1 unspecified atom stereocenters. The zero-order valence-electron chi connectivity index (χ0n) is 13.0. The molecule has 9 heteroatoms. The first-order valence-corrected chi connectivity index (χ1v) is 8.56. The van der Waals surface area contributed by atoms with E-state index in [9.17, 15) is 4.79 Å². The normalized spacial score (nSPS) is 17.5. The van der Waals surface area contributed by atoms with Crippen molar-refractivity contribution in [1.29, 1.82) is 0 Å². The highest BCUT2D eigenvalue weighted by Gasteiger charge is 2.18. The number of amides is 1. The van der Waals surface area contributed by atoms with Gasteiger partial charge >= 0.3 is 0 Å². The van der Waals surface area contributed by atoms with E-state index in [-0.39, 0.29) is 11.9 Å². The summed E-state index contributed by atoms with van der Waals surface area (Å²) in [6.07, 6.45) is 1.28. The summed E-state index contributed by atoms with van der Waals surface area (Å²) in [5.41, 5.74) is 1.35. The van der Waals surface area contributed by atoms with Gasteiger partial charge in [0.15, 0.2) is 11.5 Å². The summed E-state index contributed by atoms with van der Waals surface area (Å²) in [7, 11) is 0. The Labute approximate surface area is 153 Å². The van der Waals surface area contributed by atoms with Crippen LogP contribution in [-0.4, -0.2) is 38.3 Å². The van der Waals surface area contributed by atoms with Gasteiger partial charge in [0.05, 0.1) is 0 Å². The average Bonchev–Trinajstić information content (AvgIpc) is 2.99. The summed E-state index contributed by atoms with van der Waals surface area (Å²) in [6.45, 7) is 0.581. The highest BCUT2D eigenvalue weighted by molar-refractivity contribution is 6.35. The van der Waals surface area contributed by atoms with E-state index in [4.69, 9.17) is 23.2 Å². The van der Waals surface area contributed by atoms with Gasteiger partial charge in [-0.2, -0.15) is 4.52 Å². The number of fused-ring (bicyclic) bond motifs is 1. The minimum atomic E-state index is 0.0837. The lowest BCUT2D eigenvalue weighted by Gasteiger charge is -2.23. The lowest BCUT2D eigenvalue weighted by Crippen LogP contribution is -2.42. The maximum Gasteiger partial charge on any atom is 0.220 e. The molecule has 4 rings (SSSR count). The molecule has 1 aromatic carbocycles. The zero-order valence-corrected chi connectivity index (χ0v) is 14.6. The molecule has 1 saturated heterocycles. The molecule has 1 aliphatic rings. The van der Waals surface area contributed by atoms with Crippen LogP contribution < -0.4 is 10.6 Å². The van der Waals surface area contributed by atoms with Gasteiger partial charge in [-0.25, -0.2) is 0 Å². The summed E-state index contributed by atoms with van der Waals surface area (Å²) in [4.78, 5) is 11.3. The number of piperidine rings is 1. The average molecular weight is 377 g/mol. The van der Waals surface area contributed by atoms with Crippen LogP contribution in [0.4, 0.5) is 5.82 Å². The predicted octanol–water partition coefficient (Wildman–Crippen LogP) is 2.79. The lowest BCUT2D eigenvalue weighted by atomic mass is 10.1. The minimum Gasteiger partial charge on any atom is -0.364 e. The number of nitrogens with zero attached hydrogens (tertiary/aromatic N) is 4. The Morgan fingerprint density at radius 2 is 1.96 bits per heavy atom. The van der Waals surface area contributed by atoms with Crippen LogP contribution in [0.3, 0.4) is 0 Å². The summed E-state index contributed by atoms with van der Waals surface area (Å²) in [5, 5.41) is 20.1. The standard InChI is InChI=1S/C16H14Cl2N6O/c17-10-5-9(6-11(18)7-10)16-22-21-14-3-2-13(23-24(14)16)20-12-1-4-15(25)19-8-12/h2-3,5-7,12H,1,4,8H2,(H,19,25)(H,20,23). The van der Waals surface area contributed by atoms with Crippen molar-refractivity contribution in [2.24, 2.45) is 0 Å². The number of benzene rings is 1. The third kappa shape index (κ3) is 3.38. The second-order valence-electron chi connectivity index (χ2n) is 5.85. The van der Waals surface area contributed by atoms with Gasteiger partial charge in [0.1, 0.15) is 5.82 Å². The SMILES string of the molecule is O=C1CCC(Nc2ccc3nnc(-c4cc(Cl)cc(Cl)c4)n3n2)CN1. The van der Waals surface area contributed by atoms with Crippen LogP contribution in [-0.2, 0) is 4.79 Å². The number of rotatable bonds is 3. The Bertz CT molecular complexity index is 927. The first-order chi connectivity index (χ1) is 12.1. The third-order valence-electron chi connectivity index (χ3n) is 4.00. The van der Waals surface area contributed by atoms with Crippen molar-refractivity contribution in [3.8, 4) is 11.4 Å². The van der Waals surface area contributed by atoms with E-state index in [2.05, 4.69) is 25.9 Å². The summed E-state index contributed by atoms with van der Waals surface area (Å²) in [6, 6.07) is 9.01. The van der Waals surface area contributed by atoms with Crippen molar-refractivity contribution in [2.45, 2.75) is 18.9 Å². The van der Waals surface area contributed by atoms with E-state index in [0.29, 0.717) is 40.3 Å². The second kappa shape index (κ2) is 6.50. The van der Waals surface area contributed by atoms with Crippen molar-refractivity contribution in [2.75, 3.05) is 11.9 Å². The molecule has 1 aliphatic heterocycles. The van der Waals surface area contributed by atoms with Gasteiger partial charge in [-0.3, -0.25) is 4.79 Å². The van der Waals surface area contributed by atoms with E-state index in [0.717, 1.165) is 12.0 Å². The van der Waals surface area contributed by atoms with E-state index >= 15 is 0 Å². The zero-order chi connectivity index (χ0) is 17.4. The summed E-state index contributed by atoms with van der Waals surface area (Å²) >= 11 is 12.2. The molecular weight excluding hydrogens is 363 g/mol. The highest BCUT2D eigenvalue weighted by Crippen LogP contribution is 2.26. The number of halogens is 2. The maximum absolute atomic E-state index is 11.3. The van der Waals surface area contributed by atoms with Gasteiger partial charge in [0.2, 0.25) is 5.91 Å². The van der Waals surface area contributed by atoms with Gasteiger partial charge in [-0.05, 0) is 36.8 Å². The highest BCUT2D eigenvalue weighted by atomic mass is 35.5. The molecule has 0 spiro atoms. The largest absolute Gasteiger partial charge is 0.364 e. The van der Waals surface area contributed by atoms with Gasteiger partial charge in [-0.1, -0.05) is 23.2 Å². The fraction of sp³-hybridized carbons (Fsp3) is 0.250. The van der Waals surface area contributed by atoms with Crippen LogP contribution >= 0.6 is 23.2 Å². The molecular formula is C16H14Cl2N6O. The van der Waals surface area contributed by atoms with E-state index in [1.54, 1.807) is 22.7 Å². The smallest absolute Gasteiger partial charge is 0.220 e. The van der Waals surface area contributed by atoms with Crippen molar-refractivity contribution in [3.63, 3.8) is 0 Å². The van der Waals surface area contributed by atoms with E-state index < -0.39 is 0 Å². The summed E-state index contributed by atoms with van der Waals surface area (Å²) < 4.78 is 1.64. The molecule has 7 nitrogen and oxygen atoms in total. The van der Waals surface area contributed by atoms with Crippen LogP contribution in [0.15, 0.2) is 30.3 Å². The van der Waals surface area contributed by atoms with Gasteiger partial charge in [-0.15, -0.1) is 15.3 Å². The fourth-order valence-electron chi connectivity index (χ4n) is 2.79. The molecule has 25 heavy (non-hydrogen) atoms. The van der Waals surface area contributed by atoms with Crippen molar-refractivity contribution >= 4 is 40.6 Å². The quantitative estimate of drug-likeness (QED) is 0.733. The third-order valence-corrected chi connectivity index (χ3v) is 4.44. The van der Waals surface area contributed by atoms with Gasteiger partial charge in [0, 0.05) is 34.6 Å². The van der Waals surface area contributed by atoms with Crippen molar-refractivity contribution < 1.29 is 4.79 Å². The topological polar surface area (TPSA) is 84.2 Å². The first kappa shape index (κ1) is 16.1. The molecule has 3 heterocycles. The molecule has 2 aromatic heterocycles. The Kier molecular flexibility index (Phi) is 4.19. The number of anilines is 1. The van der Waals surface area contributed by atoms with E-state index in [1.807, 2.05) is 12.1 Å². The number of hydrogen-bond donors (Lipinski definition) is 2. The lowest BCUT2D eigenvalue weighted by molar-refractivity contribution is -0.122. The van der Waals surface area contributed by atoms with Crippen LogP contribution in [0.2, 0.25) is 10.0 Å². The minimum absolute atomic E-state index is 0.0837. The summed E-state index contributed by atoms with van der Waals surface area (Å²) in [5.74, 6) is 1.32. The molecule has 1 amide bonds. The first-order valence-electron chi connectivity index (χ1n) is 7.81. The molecule has 0 radical (unpaired) electrons. The number of aromatic nitrogens is 4. The molecule has 128 valence electrons. The monoisotopic (exact) mass is 376 g/mol. The number of carbonyl (C=O) groups excluding carboxylic acids is 1. The Hall–Kier alpha value is -2.38. The predicted molar refractivity (Wildman–Crippen MR) is 95.9 cm³/mol. The molecule has 1 fully saturated rings. The fourth-order valence-corrected chi connectivity index (χ4v) is 3.32. The molecule has 0 saturated carbocycles. The molecule has 0 bridgehead atoms. The Balaban J connectivity index is 1.66.